The average Bonchev–Trinajstić information content (AvgIpc) is 2.28. The van der Waals surface area contributed by atoms with Crippen molar-refractivity contribution in [3.05, 3.63) is 24.3 Å². The van der Waals surface area contributed by atoms with Crippen LogP contribution in [0.5, 0.6) is 5.75 Å². The molecular weight excluding hydrogens is 468 g/mol. The number of carbonyl (C=O) groups is 1. The fraction of sp³-hybridized carbons (Fsp3) is 0.364. The van der Waals surface area contributed by atoms with E-state index in [9.17, 15) is 4.79 Å². The first-order valence-corrected chi connectivity index (χ1v) is 18.4. The maximum absolute atomic E-state index is 10.6. The van der Waals surface area contributed by atoms with Gasteiger partial charge in [-0.2, -0.15) is 0 Å². The van der Waals surface area contributed by atoms with Gasteiger partial charge in [0.2, 0.25) is 0 Å². The van der Waals surface area contributed by atoms with Crippen LogP contribution >= 0.6 is 25.5 Å². The predicted octanol–water partition coefficient (Wildman–Crippen LogP) is 3.00. The molecule has 0 bridgehead atoms. The Morgan fingerprint density at radius 1 is 1.35 bits per heavy atom. The molecule has 0 spiro atoms. The van der Waals surface area contributed by atoms with Crippen molar-refractivity contribution >= 4 is 48.9 Å². The molecule has 0 atom stereocenters. The predicted molar refractivity (Wildman–Crippen MR) is 77.9 cm³/mol. The number of rotatable bonds is 6. The zero-order valence-electron chi connectivity index (χ0n) is 9.36. The summed E-state index contributed by atoms with van der Waals surface area (Å²) in [5, 5.41) is 8.71. The first-order chi connectivity index (χ1) is 7.95. The second-order valence-electron chi connectivity index (χ2n) is 3.33. The quantitative estimate of drug-likeness (QED) is 0.636. The number of benzene rings is 1. The van der Waals surface area contributed by atoms with Crippen LogP contribution in [0.25, 0.3) is 0 Å². The van der Waals surface area contributed by atoms with E-state index in [1.165, 1.54) is 0 Å². The van der Waals surface area contributed by atoms with Crippen molar-refractivity contribution in [3.63, 3.8) is 0 Å². The summed E-state index contributed by atoms with van der Waals surface area (Å²) < 4.78 is 7.19. The Bertz CT molecular complexity index is 379. The molecule has 3 nitrogen and oxygen atoms in total. The van der Waals surface area contributed by atoms with E-state index in [-0.39, 0.29) is 6.42 Å². The molecule has 6 heteroatoms. The standard InChI is InChI=1S/C11H14Br2O3Te/c1-2-16-9-3-5-10(6-4-9)17(12,13)8-7-11(14)15/h3-6H,2,7-8H2,1H3,(H,14,15). The van der Waals surface area contributed by atoms with Crippen LogP contribution in [0.4, 0.5) is 0 Å². The third-order valence-corrected chi connectivity index (χ3v) is 16.2. The van der Waals surface area contributed by atoms with Gasteiger partial charge in [-0.15, -0.1) is 0 Å². The van der Waals surface area contributed by atoms with E-state index in [0.717, 1.165) is 9.36 Å². The van der Waals surface area contributed by atoms with Crippen LogP contribution in [-0.2, 0) is 4.79 Å². The molecule has 0 saturated carbocycles. The summed E-state index contributed by atoms with van der Waals surface area (Å²) in [6.45, 7) is 2.59. The number of aliphatic carboxylic acids is 1. The topological polar surface area (TPSA) is 46.5 Å². The molecule has 0 aliphatic rings. The summed E-state index contributed by atoms with van der Waals surface area (Å²) in [4.78, 5) is 10.6. The molecule has 1 N–H and O–H groups in total. The van der Waals surface area contributed by atoms with Crippen LogP contribution in [-0.4, -0.2) is 31.4 Å². The van der Waals surface area contributed by atoms with Crippen molar-refractivity contribution in [1.82, 2.24) is 0 Å². The number of halogens is 2. The van der Waals surface area contributed by atoms with Gasteiger partial charge < -0.3 is 0 Å². The minimum absolute atomic E-state index is 0.185. The molecule has 0 heterocycles. The molecule has 0 aromatic heterocycles. The van der Waals surface area contributed by atoms with Gasteiger partial charge in [0, 0.05) is 0 Å². The van der Waals surface area contributed by atoms with Gasteiger partial charge in [-0.1, -0.05) is 0 Å². The zero-order valence-corrected chi connectivity index (χ0v) is 14.9. The van der Waals surface area contributed by atoms with Crippen LogP contribution in [0.2, 0.25) is 4.47 Å². The third-order valence-electron chi connectivity index (χ3n) is 2.05. The van der Waals surface area contributed by atoms with Gasteiger partial charge >= 0.3 is 118 Å². The molecule has 1 rings (SSSR count). The third kappa shape index (κ3) is 5.17. The first-order valence-electron chi connectivity index (χ1n) is 5.10. The van der Waals surface area contributed by atoms with E-state index in [2.05, 4.69) is 25.5 Å². The van der Waals surface area contributed by atoms with Crippen molar-refractivity contribution < 1.29 is 14.6 Å². The van der Waals surface area contributed by atoms with Gasteiger partial charge in [-0.3, -0.25) is 0 Å². The van der Waals surface area contributed by atoms with E-state index in [4.69, 9.17) is 9.84 Å². The van der Waals surface area contributed by atoms with Crippen molar-refractivity contribution in [1.29, 1.82) is 0 Å². The van der Waals surface area contributed by atoms with Crippen molar-refractivity contribution in [2.24, 2.45) is 0 Å². The molecule has 0 saturated heterocycles. The van der Waals surface area contributed by atoms with Crippen LogP contribution in [0.3, 0.4) is 0 Å². The number of carboxylic acid groups (broad SMARTS) is 1. The van der Waals surface area contributed by atoms with Crippen LogP contribution in [0.1, 0.15) is 13.3 Å². The molecule has 17 heavy (non-hydrogen) atoms. The van der Waals surface area contributed by atoms with E-state index in [0.29, 0.717) is 11.1 Å². The Kier molecular flexibility index (Phi) is 6.28. The molecule has 0 amide bonds. The zero-order chi connectivity index (χ0) is 12.9. The molecule has 0 unspecified atom stereocenters. The van der Waals surface area contributed by atoms with Gasteiger partial charge in [0.25, 0.3) is 0 Å². The second kappa shape index (κ2) is 6.98. The van der Waals surface area contributed by atoms with Crippen molar-refractivity contribution in [2.75, 3.05) is 6.61 Å². The molecule has 0 radical (unpaired) electrons. The molecule has 1 aromatic carbocycles. The Balaban J connectivity index is 2.73. The number of hydrogen-bond donors (Lipinski definition) is 1. The molecule has 1 aromatic rings. The SMILES string of the molecule is CCOc1ccc([Te](Br)(Br)CCC(=O)O)cc1. The van der Waals surface area contributed by atoms with Gasteiger partial charge in [-0.05, 0) is 0 Å². The van der Waals surface area contributed by atoms with Crippen LogP contribution in [0, 0.1) is 0 Å². The molecule has 0 aliphatic heterocycles. The summed E-state index contributed by atoms with van der Waals surface area (Å²) in [5.41, 5.74) is 0. The van der Waals surface area contributed by atoms with E-state index in [1.54, 1.807) is 0 Å². The van der Waals surface area contributed by atoms with Gasteiger partial charge in [0.05, 0.1) is 0 Å². The maximum atomic E-state index is 10.6. The minimum atomic E-state index is -2.55. The number of hydrogen-bond acceptors (Lipinski definition) is 2. The Morgan fingerprint density at radius 3 is 2.41 bits per heavy atom. The number of carboxylic acids is 1. The second-order valence-corrected chi connectivity index (χ2v) is 29.8. The fourth-order valence-electron chi connectivity index (χ4n) is 1.23. The summed E-state index contributed by atoms with van der Waals surface area (Å²) in [6.07, 6.45) is 0.185. The van der Waals surface area contributed by atoms with Crippen molar-refractivity contribution in [2.45, 2.75) is 17.8 Å². The van der Waals surface area contributed by atoms with Gasteiger partial charge in [0.1, 0.15) is 0 Å². The normalized spacial score (nSPS) is 12.2. The first kappa shape index (κ1) is 15.3. The fourth-order valence-corrected chi connectivity index (χ4v) is 9.73. The summed E-state index contributed by atoms with van der Waals surface area (Å²) in [5.74, 6) is 0.0821. The Morgan fingerprint density at radius 2 is 1.94 bits per heavy atom. The van der Waals surface area contributed by atoms with Crippen LogP contribution in [0.15, 0.2) is 24.3 Å². The summed E-state index contributed by atoms with van der Waals surface area (Å²) in [7, 11) is 0. The summed E-state index contributed by atoms with van der Waals surface area (Å²) >= 11 is 4.82. The summed E-state index contributed by atoms with van der Waals surface area (Å²) in [6, 6.07) is 7.83. The average molecular weight is 482 g/mol. The molecular formula is C11H14Br2O3Te. The Hall–Kier alpha value is 0.240. The molecule has 0 aliphatic carbocycles. The monoisotopic (exact) mass is 482 g/mol. The van der Waals surface area contributed by atoms with E-state index in [1.807, 2.05) is 31.2 Å². The van der Waals surface area contributed by atoms with Crippen molar-refractivity contribution in [3.8, 4) is 5.75 Å². The van der Waals surface area contributed by atoms with E-state index >= 15 is 0 Å². The molecule has 96 valence electrons. The van der Waals surface area contributed by atoms with Crippen LogP contribution < -0.4 is 8.35 Å². The molecule has 0 fully saturated rings. The van der Waals surface area contributed by atoms with E-state index < -0.39 is 19.7 Å². The Labute approximate surface area is 117 Å². The number of ether oxygens (including phenoxy) is 1. The van der Waals surface area contributed by atoms with Gasteiger partial charge in [-0.25, -0.2) is 0 Å². The van der Waals surface area contributed by atoms with Gasteiger partial charge in [0.15, 0.2) is 0 Å².